The molecule has 0 aliphatic heterocycles. The fourth-order valence-corrected chi connectivity index (χ4v) is 4.07. The van der Waals surface area contributed by atoms with Crippen LogP contribution in [-0.2, 0) is 6.42 Å². The zero-order valence-electron chi connectivity index (χ0n) is 15.0. The SMILES string of the molecule is CCc1c(-c2ccc(O)cc2)nn(-c2ccc(O)cc2)c1C1CCCC1. The maximum Gasteiger partial charge on any atom is 0.115 e. The second-order valence-electron chi connectivity index (χ2n) is 7.02. The lowest BCUT2D eigenvalue weighted by atomic mass is 9.95. The van der Waals surface area contributed by atoms with Gasteiger partial charge in [-0.3, -0.25) is 0 Å². The van der Waals surface area contributed by atoms with E-state index >= 15 is 0 Å². The normalized spacial score (nSPS) is 14.8. The highest BCUT2D eigenvalue weighted by Crippen LogP contribution is 2.40. The topological polar surface area (TPSA) is 58.3 Å². The van der Waals surface area contributed by atoms with Crippen LogP contribution in [0.25, 0.3) is 16.9 Å². The van der Waals surface area contributed by atoms with Gasteiger partial charge in [0.25, 0.3) is 0 Å². The van der Waals surface area contributed by atoms with Crippen molar-refractivity contribution in [2.45, 2.75) is 44.9 Å². The van der Waals surface area contributed by atoms with Gasteiger partial charge >= 0.3 is 0 Å². The minimum absolute atomic E-state index is 0.262. The fourth-order valence-electron chi connectivity index (χ4n) is 4.07. The molecule has 4 rings (SSSR count). The second kappa shape index (κ2) is 6.87. The molecule has 1 fully saturated rings. The number of rotatable bonds is 4. The molecule has 26 heavy (non-hydrogen) atoms. The minimum atomic E-state index is 0.262. The number of hydrogen-bond donors (Lipinski definition) is 2. The molecule has 0 unspecified atom stereocenters. The van der Waals surface area contributed by atoms with Crippen LogP contribution in [-0.4, -0.2) is 20.0 Å². The summed E-state index contributed by atoms with van der Waals surface area (Å²) in [5.74, 6) is 1.05. The van der Waals surface area contributed by atoms with Crippen molar-refractivity contribution in [1.29, 1.82) is 0 Å². The number of phenolic OH excluding ortho intramolecular Hbond substituents is 2. The number of aromatic hydroxyl groups is 2. The van der Waals surface area contributed by atoms with Gasteiger partial charge in [0.15, 0.2) is 0 Å². The van der Waals surface area contributed by atoms with Crippen LogP contribution >= 0.6 is 0 Å². The molecule has 0 amide bonds. The third-order valence-electron chi connectivity index (χ3n) is 5.35. The molecule has 0 atom stereocenters. The van der Waals surface area contributed by atoms with Gasteiger partial charge in [0, 0.05) is 17.0 Å². The van der Waals surface area contributed by atoms with E-state index in [-0.39, 0.29) is 11.5 Å². The Bertz CT molecular complexity index is 889. The summed E-state index contributed by atoms with van der Waals surface area (Å²) in [6.45, 7) is 2.18. The minimum Gasteiger partial charge on any atom is -0.508 e. The van der Waals surface area contributed by atoms with Crippen LogP contribution in [0.4, 0.5) is 0 Å². The summed E-state index contributed by atoms with van der Waals surface area (Å²) in [5, 5.41) is 24.2. The number of hydrogen-bond acceptors (Lipinski definition) is 3. The Balaban J connectivity index is 1.91. The molecule has 4 nitrogen and oxygen atoms in total. The molecule has 0 radical (unpaired) electrons. The molecule has 2 N–H and O–H groups in total. The molecule has 1 aliphatic carbocycles. The van der Waals surface area contributed by atoms with Crippen LogP contribution in [0.5, 0.6) is 11.5 Å². The number of aromatic nitrogens is 2. The largest absolute Gasteiger partial charge is 0.508 e. The van der Waals surface area contributed by atoms with Crippen LogP contribution in [0.2, 0.25) is 0 Å². The first-order chi connectivity index (χ1) is 12.7. The number of benzene rings is 2. The third-order valence-corrected chi connectivity index (χ3v) is 5.35. The van der Waals surface area contributed by atoms with Gasteiger partial charge in [0.05, 0.1) is 17.1 Å². The smallest absolute Gasteiger partial charge is 0.115 e. The van der Waals surface area contributed by atoms with Crippen molar-refractivity contribution < 1.29 is 10.2 Å². The molecule has 3 aromatic rings. The molecule has 0 spiro atoms. The first-order valence-electron chi connectivity index (χ1n) is 9.38. The van der Waals surface area contributed by atoms with Crippen molar-refractivity contribution in [3.8, 4) is 28.4 Å². The average molecular weight is 348 g/mol. The van der Waals surface area contributed by atoms with E-state index in [4.69, 9.17) is 5.10 Å². The predicted octanol–water partition coefficient (Wildman–Crippen LogP) is 5.17. The Morgan fingerprint density at radius 3 is 2.08 bits per heavy atom. The van der Waals surface area contributed by atoms with E-state index in [1.54, 1.807) is 24.3 Å². The molecule has 2 aromatic carbocycles. The molecule has 1 aliphatic rings. The zero-order chi connectivity index (χ0) is 18.1. The molecule has 134 valence electrons. The maximum absolute atomic E-state index is 9.64. The van der Waals surface area contributed by atoms with Crippen molar-refractivity contribution in [2.24, 2.45) is 0 Å². The second-order valence-corrected chi connectivity index (χ2v) is 7.02. The van der Waals surface area contributed by atoms with Crippen LogP contribution in [0.15, 0.2) is 48.5 Å². The highest BCUT2D eigenvalue weighted by atomic mass is 16.3. The number of nitrogens with zero attached hydrogens (tertiary/aromatic N) is 2. The predicted molar refractivity (Wildman–Crippen MR) is 103 cm³/mol. The Kier molecular flexibility index (Phi) is 4.41. The zero-order valence-corrected chi connectivity index (χ0v) is 15.0. The number of phenols is 2. The molecular weight excluding hydrogens is 324 g/mol. The van der Waals surface area contributed by atoms with Gasteiger partial charge in [-0.05, 0) is 67.8 Å². The van der Waals surface area contributed by atoms with Crippen LogP contribution in [0.3, 0.4) is 0 Å². The van der Waals surface area contributed by atoms with Gasteiger partial charge in [-0.2, -0.15) is 5.10 Å². The lowest BCUT2D eigenvalue weighted by Crippen LogP contribution is -2.07. The van der Waals surface area contributed by atoms with Crippen molar-refractivity contribution >= 4 is 0 Å². The monoisotopic (exact) mass is 348 g/mol. The maximum atomic E-state index is 9.64. The van der Waals surface area contributed by atoms with E-state index in [1.165, 1.54) is 36.9 Å². The van der Waals surface area contributed by atoms with E-state index in [1.807, 2.05) is 24.3 Å². The third kappa shape index (κ3) is 2.96. The summed E-state index contributed by atoms with van der Waals surface area (Å²) in [6, 6.07) is 14.5. The average Bonchev–Trinajstić information content (AvgIpc) is 3.30. The summed E-state index contributed by atoms with van der Waals surface area (Å²) in [7, 11) is 0. The van der Waals surface area contributed by atoms with Crippen LogP contribution in [0.1, 0.15) is 49.8 Å². The molecule has 1 heterocycles. The highest BCUT2D eigenvalue weighted by Gasteiger charge is 2.27. The summed E-state index contributed by atoms with van der Waals surface area (Å²) in [6.07, 6.45) is 5.85. The van der Waals surface area contributed by atoms with Gasteiger partial charge in [0.2, 0.25) is 0 Å². The lowest BCUT2D eigenvalue weighted by Gasteiger charge is -2.15. The van der Waals surface area contributed by atoms with E-state index in [9.17, 15) is 10.2 Å². The van der Waals surface area contributed by atoms with Crippen LogP contribution < -0.4 is 0 Å². The van der Waals surface area contributed by atoms with Crippen molar-refractivity contribution in [3.05, 3.63) is 59.8 Å². The van der Waals surface area contributed by atoms with E-state index in [0.29, 0.717) is 5.92 Å². The van der Waals surface area contributed by atoms with Gasteiger partial charge in [-0.1, -0.05) is 19.8 Å². The van der Waals surface area contributed by atoms with Crippen LogP contribution in [0, 0.1) is 0 Å². The summed E-state index contributed by atoms with van der Waals surface area (Å²) < 4.78 is 2.07. The molecule has 0 saturated heterocycles. The van der Waals surface area contributed by atoms with E-state index in [0.717, 1.165) is 23.4 Å². The lowest BCUT2D eigenvalue weighted by molar-refractivity contribution is 0.474. The van der Waals surface area contributed by atoms with Crippen molar-refractivity contribution in [2.75, 3.05) is 0 Å². The first-order valence-corrected chi connectivity index (χ1v) is 9.38. The summed E-state index contributed by atoms with van der Waals surface area (Å²) >= 11 is 0. The van der Waals surface area contributed by atoms with Crippen molar-refractivity contribution in [1.82, 2.24) is 9.78 Å². The van der Waals surface area contributed by atoms with E-state index < -0.39 is 0 Å². The fraction of sp³-hybridized carbons (Fsp3) is 0.318. The summed E-state index contributed by atoms with van der Waals surface area (Å²) in [5.41, 5.74) is 5.58. The van der Waals surface area contributed by atoms with E-state index in [2.05, 4.69) is 11.6 Å². The highest BCUT2D eigenvalue weighted by molar-refractivity contribution is 5.66. The standard InChI is InChI=1S/C22H24N2O2/c1-2-20-21(15-7-11-18(25)12-8-15)23-24(17-9-13-19(26)14-10-17)22(20)16-5-3-4-6-16/h7-14,16,25-26H,2-6H2,1H3. The summed E-state index contributed by atoms with van der Waals surface area (Å²) in [4.78, 5) is 0. The van der Waals surface area contributed by atoms with Crippen molar-refractivity contribution in [3.63, 3.8) is 0 Å². The first kappa shape index (κ1) is 16.7. The molecular formula is C22H24N2O2. The Hall–Kier alpha value is -2.75. The Labute approximate surface area is 153 Å². The quantitative estimate of drug-likeness (QED) is 0.684. The molecule has 0 bridgehead atoms. The van der Waals surface area contributed by atoms with Gasteiger partial charge in [-0.15, -0.1) is 0 Å². The molecule has 4 heteroatoms. The van der Waals surface area contributed by atoms with Gasteiger partial charge < -0.3 is 10.2 Å². The molecule has 1 saturated carbocycles. The van der Waals surface area contributed by atoms with Gasteiger partial charge in [0.1, 0.15) is 11.5 Å². The molecule has 1 aromatic heterocycles. The van der Waals surface area contributed by atoms with Gasteiger partial charge in [-0.25, -0.2) is 4.68 Å². The Morgan fingerprint density at radius 2 is 1.50 bits per heavy atom. The Morgan fingerprint density at radius 1 is 0.923 bits per heavy atom.